The lowest BCUT2D eigenvalue weighted by molar-refractivity contribution is -0.121. The number of hydrogen-bond acceptors (Lipinski definition) is 5. The molecule has 0 saturated carbocycles. The van der Waals surface area contributed by atoms with Gasteiger partial charge in [0.2, 0.25) is 10.0 Å². The number of sulfonamides is 1. The highest BCUT2D eigenvalue weighted by atomic mass is 32.2. The first-order valence-electron chi connectivity index (χ1n) is 8.04. The summed E-state index contributed by atoms with van der Waals surface area (Å²) in [6, 6.07) is 14.2. The zero-order valence-electron chi connectivity index (χ0n) is 14.8. The molecular weight excluding hydrogens is 368 g/mol. The van der Waals surface area contributed by atoms with Crippen molar-refractivity contribution < 1.29 is 22.7 Å². The molecule has 1 amide bonds. The highest BCUT2D eigenvalue weighted by molar-refractivity contribution is 7.89. The largest absolute Gasteiger partial charge is 0.452 e. The second kappa shape index (κ2) is 9.11. The number of benzene rings is 2. The van der Waals surface area contributed by atoms with E-state index in [2.05, 4.69) is 11.3 Å². The van der Waals surface area contributed by atoms with Crippen LogP contribution in [-0.2, 0) is 19.6 Å². The fourth-order valence-corrected chi connectivity index (χ4v) is 3.12. The van der Waals surface area contributed by atoms with Gasteiger partial charge in [-0.3, -0.25) is 4.79 Å². The highest BCUT2D eigenvalue weighted by Crippen LogP contribution is 2.13. The molecule has 0 saturated heterocycles. The molecule has 0 bridgehead atoms. The van der Waals surface area contributed by atoms with Crippen LogP contribution in [-0.4, -0.2) is 40.5 Å². The summed E-state index contributed by atoms with van der Waals surface area (Å²) < 4.78 is 31.3. The molecule has 2 aromatic carbocycles. The van der Waals surface area contributed by atoms with E-state index in [1.54, 1.807) is 31.3 Å². The van der Waals surface area contributed by atoms with E-state index >= 15 is 0 Å². The maximum absolute atomic E-state index is 12.1. The molecule has 2 rings (SSSR count). The molecule has 8 heteroatoms. The quantitative estimate of drug-likeness (QED) is 0.551. The van der Waals surface area contributed by atoms with Gasteiger partial charge in [-0.25, -0.2) is 17.9 Å². The van der Waals surface area contributed by atoms with Crippen molar-refractivity contribution in [3.63, 3.8) is 0 Å². The topological polar surface area (TPSA) is 92.8 Å². The fourth-order valence-electron chi connectivity index (χ4n) is 2.13. The van der Waals surface area contributed by atoms with Crippen molar-refractivity contribution in [2.75, 3.05) is 25.1 Å². The average molecular weight is 388 g/mol. The molecule has 0 aromatic heterocycles. The number of anilines is 1. The number of esters is 1. The molecule has 0 fully saturated rings. The Morgan fingerprint density at radius 3 is 2.33 bits per heavy atom. The first kappa shape index (κ1) is 20.3. The summed E-state index contributed by atoms with van der Waals surface area (Å²) in [6.07, 6.45) is 1.42. The van der Waals surface area contributed by atoms with Crippen molar-refractivity contribution in [3.05, 3.63) is 72.8 Å². The van der Waals surface area contributed by atoms with E-state index in [1.807, 2.05) is 6.07 Å². The summed E-state index contributed by atoms with van der Waals surface area (Å²) in [5.74, 6) is -1.10. The summed E-state index contributed by atoms with van der Waals surface area (Å²) in [4.78, 5) is 25.6. The van der Waals surface area contributed by atoms with Crippen LogP contribution in [0.5, 0.6) is 0 Å². The number of rotatable bonds is 8. The third-order valence-corrected chi connectivity index (χ3v) is 5.10. The van der Waals surface area contributed by atoms with Crippen LogP contribution in [0.2, 0.25) is 0 Å². The first-order chi connectivity index (χ1) is 12.8. The van der Waals surface area contributed by atoms with E-state index in [9.17, 15) is 18.0 Å². The monoisotopic (exact) mass is 388 g/mol. The van der Waals surface area contributed by atoms with Gasteiger partial charge in [-0.15, -0.1) is 6.58 Å². The summed E-state index contributed by atoms with van der Waals surface area (Å²) >= 11 is 0. The predicted octanol–water partition coefficient (Wildman–Crippen LogP) is 1.97. The van der Waals surface area contributed by atoms with Crippen molar-refractivity contribution in [3.8, 4) is 0 Å². The maximum Gasteiger partial charge on any atom is 0.338 e. The van der Waals surface area contributed by atoms with Crippen LogP contribution in [0.4, 0.5) is 5.69 Å². The fraction of sp³-hybridized carbons (Fsp3) is 0.158. The number of nitrogens with zero attached hydrogens (tertiary/aromatic N) is 1. The van der Waals surface area contributed by atoms with Crippen LogP contribution in [0.15, 0.2) is 72.1 Å². The zero-order valence-corrected chi connectivity index (χ0v) is 15.6. The van der Waals surface area contributed by atoms with E-state index in [-0.39, 0.29) is 22.9 Å². The summed E-state index contributed by atoms with van der Waals surface area (Å²) in [5, 5.41) is 0. The summed E-state index contributed by atoms with van der Waals surface area (Å²) in [7, 11) is -2.08. The molecule has 0 spiro atoms. The van der Waals surface area contributed by atoms with Gasteiger partial charge in [-0.1, -0.05) is 24.3 Å². The lowest BCUT2D eigenvalue weighted by atomic mass is 10.2. The Hall–Kier alpha value is -2.97. The standard InChI is InChI=1S/C19H20N2O5S/c1-3-13-20-27(24,25)17-11-9-15(10-12-17)19(23)26-14-18(22)21(2)16-7-5-4-6-8-16/h3-12,20H,1,13-14H2,2H3. The van der Waals surface area contributed by atoms with Gasteiger partial charge in [0.05, 0.1) is 10.5 Å². The lowest BCUT2D eigenvalue weighted by Crippen LogP contribution is -2.31. The van der Waals surface area contributed by atoms with Crippen molar-refractivity contribution in [2.24, 2.45) is 0 Å². The predicted molar refractivity (Wildman–Crippen MR) is 102 cm³/mol. The van der Waals surface area contributed by atoms with Crippen LogP contribution < -0.4 is 9.62 Å². The third-order valence-electron chi connectivity index (χ3n) is 3.66. The van der Waals surface area contributed by atoms with Gasteiger partial charge < -0.3 is 9.64 Å². The van der Waals surface area contributed by atoms with Crippen LogP contribution in [0, 0.1) is 0 Å². The molecule has 0 aliphatic rings. The number of carbonyl (C=O) groups excluding carboxylic acids is 2. The van der Waals surface area contributed by atoms with Crippen molar-refractivity contribution in [1.29, 1.82) is 0 Å². The molecule has 0 atom stereocenters. The van der Waals surface area contributed by atoms with Crippen LogP contribution in [0.3, 0.4) is 0 Å². The van der Waals surface area contributed by atoms with E-state index in [1.165, 1.54) is 35.2 Å². The Morgan fingerprint density at radius 1 is 1.11 bits per heavy atom. The number of hydrogen-bond donors (Lipinski definition) is 1. The van der Waals surface area contributed by atoms with E-state index in [0.29, 0.717) is 5.69 Å². The van der Waals surface area contributed by atoms with Crippen LogP contribution >= 0.6 is 0 Å². The number of carbonyl (C=O) groups is 2. The number of nitrogens with one attached hydrogen (secondary N) is 1. The molecule has 0 unspecified atom stereocenters. The van der Waals surface area contributed by atoms with Crippen LogP contribution in [0.1, 0.15) is 10.4 Å². The Balaban J connectivity index is 1.96. The third kappa shape index (κ3) is 5.50. The maximum atomic E-state index is 12.1. The van der Waals surface area contributed by atoms with Crippen molar-refractivity contribution >= 4 is 27.6 Å². The average Bonchev–Trinajstić information content (AvgIpc) is 2.70. The van der Waals surface area contributed by atoms with Gasteiger partial charge in [0.1, 0.15) is 0 Å². The van der Waals surface area contributed by atoms with Gasteiger partial charge in [0.25, 0.3) is 5.91 Å². The molecule has 0 aliphatic heterocycles. The molecule has 2 aromatic rings. The second-order valence-electron chi connectivity index (χ2n) is 5.53. The van der Waals surface area contributed by atoms with E-state index in [0.717, 1.165) is 0 Å². The molecule has 1 N–H and O–H groups in total. The molecule has 0 heterocycles. The number of likely N-dealkylation sites (N-methyl/N-ethyl adjacent to an activating group) is 1. The molecule has 0 aliphatic carbocycles. The minimum atomic E-state index is -3.67. The second-order valence-corrected chi connectivity index (χ2v) is 7.30. The normalized spacial score (nSPS) is 10.9. The zero-order chi connectivity index (χ0) is 19.9. The minimum absolute atomic E-state index is 0.0146. The van der Waals surface area contributed by atoms with Gasteiger partial charge in [-0.2, -0.15) is 0 Å². The molecular formula is C19H20N2O5S. The van der Waals surface area contributed by atoms with Gasteiger partial charge in [0.15, 0.2) is 6.61 Å². The Kier molecular flexibility index (Phi) is 6.86. The van der Waals surface area contributed by atoms with E-state index in [4.69, 9.17) is 4.74 Å². The minimum Gasteiger partial charge on any atom is -0.452 e. The smallest absolute Gasteiger partial charge is 0.338 e. The first-order valence-corrected chi connectivity index (χ1v) is 9.53. The number of amides is 1. The Labute approximate surface area is 158 Å². The Bertz CT molecular complexity index is 909. The molecule has 7 nitrogen and oxygen atoms in total. The molecule has 0 radical (unpaired) electrons. The molecule has 142 valence electrons. The summed E-state index contributed by atoms with van der Waals surface area (Å²) in [5.41, 5.74) is 0.827. The SMILES string of the molecule is C=CCNS(=O)(=O)c1ccc(C(=O)OCC(=O)N(C)c2ccccc2)cc1. The summed E-state index contributed by atoms with van der Waals surface area (Å²) in [6.45, 7) is 3.12. The van der Waals surface area contributed by atoms with Gasteiger partial charge in [0, 0.05) is 19.3 Å². The number of ether oxygens (including phenoxy) is 1. The van der Waals surface area contributed by atoms with Gasteiger partial charge >= 0.3 is 5.97 Å². The van der Waals surface area contributed by atoms with Crippen LogP contribution in [0.25, 0.3) is 0 Å². The number of para-hydroxylation sites is 1. The van der Waals surface area contributed by atoms with Crippen molar-refractivity contribution in [2.45, 2.75) is 4.90 Å². The van der Waals surface area contributed by atoms with E-state index < -0.39 is 22.6 Å². The Morgan fingerprint density at radius 2 is 1.74 bits per heavy atom. The van der Waals surface area contributed by atoms with Gasteiger partial charge in [-0.05, 0) is 36.4 Å². The highest BCUT2D eigenvalue weighted by Gasteiger charge is 2.17. The molecule has 27 heavy (non-hydrogen) atoms. The lowest BCUT2D eigenvalue weighted by Gasteiger charge is -2.17. The van der Waals surface area contributed by atoms with Crippen molar-refractivity contribution in [1.82, 2.24) is 4.72 Å².